The normalized spacial score (nSPS) is 12.9. The molecule has 0 fully saturated rings. The van der Waals surface area contributed by atoms with Crippen LogP contribution in [0.3, 0.4) is 0 Å². The van der Waals surface area contributed by atoms with Crippen LogP contribution < -0.4 is 0 Å². The van der Waals surface area contributed by atoms with Crippen LogP contribution in [-0.2, 0) is 6.18 Å². The molecule has 0 bridgehead atoms. The van der Waals surface area contributed by atoms with E-state index in [0.29, 0.717) is 0 Å². The van der Waals surface area contributed by atoms with Crippen molar-refractivity contribution in [2.24, 2.45) is 0 Å². The Kier molecular flexibility index (Phi) is 3.87. The minimum absolute atomic E-state index is 0.109. The Morgan fingerprint density at radius 1 is 1.05 bits per heavy atom. The first-order valence-corrected chi connectivity index (χ1v) is 4.55. The third-order valence-corrected chi connectivity index (χ3v) is 2.11. The van der Waals surface area contributed by atoms with Gasteiger partial charge in [-0.3, -0.25) is 4.79 Å². The van der Waals surface area contributed by atoms with E-state index in [4.69, 9.17) is 0 Å². The zero-order chi connectivity index (χ0) is 15.0. The molecule has 0 amide bonds. The molecule has 0 aliphatic carbocycles. The summed E-state index contributed by atoms with van der Waals surface area (Å²) in [7, 11) is 0. The van der Waals surface area contributed by atoms with Gasteiger partial charge in [0.25, 0.3) is 0 Å². The van der Waals surface area contributed by atoms with Crippen molar-refractivity contribution in [2.45, 2.75) is 18.5 Å². The summed E-state index contributed by atoms with van der Waals surface area (Å²) in [5.41, 5.74) is -3.33. The highest BCUT2D eigenvalue weighted by Crippen LogP contribution is 2.34. The van der Waals surface area contributed by atoms with Gasteiger partial charge in [-0.1, -0.05) is 0 Å². The number of benzene rings is 1. The number of rotatable bonds is 3. The maximum atomic E-state index is 12.8. The Labute approximate surface area is 100 Å². The van der Waals surface area contributed by atoms with Gasteiger partial charge in [0.15, 0.2) is 0 Å². The predicted molar refractivity (Wildman–Crippen MR) is 46.7 cm³/mol. The molecule has 19 heavy (non-hydrogen) atoms. The number of alkyl halides is 7. The minimum Gasteiger partial charge on any atom is -0.287 e. The highest BCUT2D eigenvalue weighted by atomic mass is 19.4. The summed E-state index contributed by atoms with van der Waals surface area (Å²) in [6, 6.07) is 0.161. The van der Waals surface area contributed by atoms with Crippen LogP contribution in [0.2, 0.25) is 0 Å². The number of carbonyl (C=O) groups is 1. The lowest BCUT2D eigenvalue weighted by atomic mass is 10.0. The van der Waals surface area contributed by atoms with Gasteiger partial charge in [-0.15, -0.1) is 0 Å². The van der Waals surface area contributed by atoms with E-state index in [2.05, 4.69) is 0 Å². The van der Waals surface area contributed by atoms with Crippen molar-refractivity contribution in [2.75, 3.05) is 0 Å². The molecular formula is C10H4F8O. The second kappa shape index (κ2) is 4.78. The van der Waals surface area contributed by atoms with Gasteiger partial charge in [-0.05, 0) is 18.2 Å². The standard InChI is InChI=1S/C10H4F8O/c11-6-2-1-4(3-5(6)10(16,17)18)7(19)9(14,15)8(12)13/h1-3,8H. The molecule has 0 atom stereocenters. The molecule has 1 rings (SSSR count). The van der Waals surface area contributed by atoms with Crippen LogP contribution in [0, 0.1) is 5.82 Å². The first kappa shape index (κ1) is 15.4. The average molecular weight is 292 g/mol. The van der Waals surface area contributed by atoms with Crippen molar-refractivity contribution < 1.29 is 39.9 Å². The lowest BCUT2D eigenvalue weighted by Gasteiger charge is -2.15. The third-order valence-electron chi connectivity index (χ3n) is 2.11. The maximum Gasteiger partial charge on any atom is 0.419 e. The SMILES string of the molecule is O=C(c1ccc(F)c(C(F)(F)F)c1)C(F)(F)C(F)F. The number of halogens is 8. The molecular weight excluding hydrogens is 288 g/mol. The summed E-state index contributed by atoms with van der Waals surface area (Å²) in [6.45, 7) is 0. The summed E-state index contributed by atoms with van der Waals surface area (Å²) in [6.07, 6.45) is -9.61. The molecule has 0 aliphatic heterocycles. The van der Waals surface area contributed by atoms with Crippen LogP contribution in [0.4, 0.5) is 35.1 Å². The van der Waals surface area contributed by atoms with Crippen molar-refractivity contribution in [3.8, 4) is 0 Å². The fraction of sp³-hybridized carbons (Fsp3) is 0.300. The maximum absolute atomic E-state index is 12.8. The molecule has 0 radical (unpaired) electrons. The van der Waals surface area contributed by atoms with Gasteiger partial charge >= 0.3 is 18.5 Å². The highest BCUT2D eigenvalue weighted by molar-refractivity contribution is 6.01. The Morgan fingerprint density at radius 3 is 2.00 bits per heavy atom. The number of hydrogen-bond donors (Lipinski definition) is 0. The molecule has 1 aromatic carbocycles. The number of ketones is 1. The second-order valence-electron chi connectivity index (χ2n) is 3.45. The lowest BCUT2D eigenvalue weighted by molar-refractivity contribution is -0.140. The molecule has 1 nitrogen and oxygen atoms in total. The van der Waals surface area contributed by atoms with Crippen LogP contribution in [-0.4, -0.2) is 18.1 Å². The summed E-state index contributed by atoms with van der Waals surface area (Å²) in [5.74, 6) is -9.45. The van der Waals surface area contributed by atoms with Gasteiger partial charge in [0.1, 0.15) is 5.82 Å². The molecule has 0 aliphatic rings. The van der Waals surface area contributed by atoms with E-state index in [-0.39, 0.29) is 18.2 Å². The van der Waals surface area contributed by atoms with Crippen molar-refractivity contribution in [1.82, 2.24) is 0 Å². The zero-order valence-electron chi connectivity index (χ0n) is 8.74. The topological polar surface area (TPSA) is 17.1 Å². The number of Topliss-reactive ketones (excluding diaryl/α,β-unsaturated/α-hetero) is 1. The van der Waals surface area contributed by atoms with Crippen LogP contribution in [0.25, 0.3) is 0 Å². The largest absolute Gasteiger partial charge is 0.419 e. The Balaban J connectivity index is 3.28. The van der Waals surface area contributed by atoms with E-state index in [1.54, 1.807) is 0 Å². The summed E-state index contributed by atoms with van der Waals surface area (Å²) >= 11 is 0. The van der Waals surface area contributed by atoms with Gasteiger partial charge < -0.3 is 0 Å². The number of carbonyl (C=O) groups excluding carboxylic acids is 1. The third kappa shape index (κ3) is 3.02. The Hall–Kier alpha value is -1.67. The summed E-state index contributed by atoms with van der Waals surface area (Å²) in [5, 5.41) is 0. The molecule has 0 spiro atoms. The Bertz CT molecular complexity index is 491. The van der Waals surface area contributed by atoms with E-state index in [0.717, 1.165) is 0 Å². The van der Waals surface area contributed by atoms with Crippen LogP contribution in [0.1, 0.15) is 15.9 Å². The molecule has 0 saturated heterocycles. The van der Waals surface area contributed by atoms with E-state index in [1.807, 2.05) is 0 Å². The van der Waals surface area contributed by atoms with Gasteiger partial charge in [0, 0.05) is 5.56 Å². The first-order chi connectivity index (χ1) is 8.48. The minimum atomic E-state index is -5.24. The molecule has 0 saturated carbocycles. The monoisotopic (exact) mass is 292 g/mol. The van der Waals surface area contributed by atoms with Crippen molar-refractivity contribution in [3.05, 3.63) is 35.1 Å². The van der Waals surface area contributed by atoms with Crippen LogP contribution in [0.15, 0.2) is 18.2 Å². The molecule has 0 aromatic heterocycles. The molecule has 0 unspecified atom stereocenters. The van der Waals surface area contributed by atoms with E-state index >= 15 is 0 Å². The fourth-order valence-corrected chi connectivity index (χ4v) is 1.18. The first-order valence-electron chi connectivity index (χ1n) is 4.55. The molecule has 9 heteroatoms. The summed E-state index contributed by atoms with van der Waals surface area (Å²) in [4.78, 5) is 11.0. The molecule has 0 heterocycles. The zero-order valence-corrected chi connectivity index (χ0v) is 8.74. The Morgan fingerprint density at radius 2 is 1.58 bits per heavy atom. The fourth-order valence-electron chi connectivity index (χ4n) is 1.18. The van der Waals surface area contributed by atoms with E-state index < -0.39 is 41.3 Å². The van der Waals surface area contributed by atoms with Gasteiger partial charge in [0.2, 0.25) is 5.78 Å². The van der Waals surface area contributed by atoms with E-state index in [9.17, 15) is 39.9 Å². The van der Waals surface area contributed by atoms with Gasteiger partial charge in [-0.2, -0.15) is 22.0 Å². The quantitative estimate of drug-likeness (QED) is 0.609. The van der Waals surface area contributed by atoms with Gasteiger partial charge in [-0.25, -0.2) is 13.2 Å². The van der Waals surface area contributed by atoms with Crippen LogP contribution >= 0.6 is 0 Å². The van der Waals surface area contributed by atoms with Crippen LogP contribution in [0.5, 0.6) is 0 Å². The van der Waals surface area contributed by atoms with Gasteiger partial charge in [0.05, 0.1) is 5.56 Å². The van der Waals surface area contributed by atoms with Crippen molar-refractivity contribution >= 4 is 5.78 Å². The van der Waals surface area contributed by atoms with Crippen molar-refractivity contribution in [3.63, 3.8) is 0 Å². The smallest absolute Gasteiger partial charge is 0.287 e. The summed E-state index contributed by atoms with van der Waals surface area (Å²) < 4.78 is 98.7. The van der Waals surface area contributed by atoms with Crippen molar-refractivity contribution in [1.29, 1.82) is 0 Å². The highest BCUT2D eigenvalue weighted by Gasteiger charge is 2.49. The predicted octanol–water partition coefficient (Wildman–Crippen LogP) is 3.93. The average Bonchev–Trinajstić information content (AvgIpc) is 2.26. The van der Waals surface area contributed by atoms with E-state index in [1.165, 1.54) is 0 Å². The second-order valence-corrected chi connectivity index (χ2v) is 3.45. The lowest BCUT2D eigenvalue weighted by Crippen LogP contribution is -2.36. The number of hydrogen-bond acceptors (Lipinski definition) is 1. The molecule has 0 N–H and O–H groups in total. The molecule has 106 valence electrons. The molecule has 1 aromatic rings.